The third-order valence-electron chi connectivity index (χ3n) is 4.04. The Labute approximate surface area is 145 Å². The molecule has 2 heterocycles. The van der Waals surface area contributed by atoms with Crippen LogP contribution in [0.3, 0.4) is 0 Å². The fourth-order valence-electron chi connectivity index (χ4n) is 2.72. The monoisotopic (exact) mass is 344 g/mol. The van der Waals surface area contributed by atoms with E-state index in [0.717, 1.165) is 16.8 Å². The van der Waals surface area contributed by atoms with Gasteiger partial charge < -0.3 is 14.6 Å². The maximum absolute atomic E-state index is 12.7. The van der Waals surface area contributed by atoms with Crippen molar-refractivity contribution in [3.05, 3.63) is 53.0 Å². The second-order valence-electron chi connectivity index (χ2n) is 6.01. The first kappa shape index (κ1) is 16.6. The Morgan fingerprint density at radius 1 is 1.21 bits per heavy atom. The third-order valence-corrected chi connectivity index (χ3v) is 5.05. The Balaban J connectivity index is 1.75. The molecule has 2 amide bonds. The highest BCUT2D eigenvalue weighted by molar-refractivity contribution is 7.99. The fraction of sp³-hybridized carbons (Fsp3) is 0.333. The van der Waals surface area contributed by atoms with E-state index in [2.05, 4.69) is 5.32 Å². The quantitative estimate of drug-likeness (QED) is 0.927. The molecule has 1 aromatic heterocycles. The molecule has 1 fully saturated rings. The number of carbonyl (C=O) groups is 2. The summed E-state index contributed by atoms with van der Waals surface area (Å²) in [5.74, 6) is 1.63. The molecular formula is C18H20N2O3S. The Morgan fingerprint density at radius 2 is 2.00 bits per heavy atom. The van der Waals surface area contributed by atoms with Crippen LogP contribution in [0, 0.1) is 20.8 Å². The van der Waals surface area contributed by atoms with Crippen molar-refractivity contribution in [3.63, 3.8) is 0 Å². The molecule has 1 aromatic carbocycles. The number of nitrogens with zero attached hydrogens (tertiary/aromatic N) is 1. The lowest BCUT2D eigenvalue weighted by atomic mass is 10.1. The first-order valence-electron chi connectivity index (χ1n) is 7.79. The number of anilines is 1. The molecule has 0 saturated carbocycles. The van der Waals surface area contributed by atoms with Crippen molar-refractivity contribution in [1.29, 1.82) is 0 Å². The molecule has 5 nitrogen and oxygen atoms in total. The predicted octanol–water partition coefficient (Wildman–Crippen LogP) is 3.36. The van der Waals surface area contributed by atoms with Gasteiger partial charge in [0.15, 0.2) is 5.76 Å². The van der Waals surface area contributed by atoms with Crippen molar-refractivity contribution < 1.29 is 14.0 Å². The number of carbonyl (C=O) groups excluding carboxylic acids is 2. The van der Waals surface area contributed by atoms with E-state index >= 15 is 0 Å². The number of furan rings is 1. The molecule has 0 bridgehead atoms. The average molecular weight is 344 g/mol. The van der Waals surface area contributed by atoms with Crippen LogP contribution in [-0.2, 0) is 4.79 Å². The number of thioether (sulfide) groups is 1. The van der Waals surface area contributed by atoms with Crippen LogP contribution >= 0.6 is 11.8 Å². The van der Waals surface area contributed by atoms with Crippen molar-refractivity contribution in [2.24, 2.45) is 0 Å². The molecule has 0 unspecified atom stereocenters. The van der Waals surface area contributed by atoms with Crippen LogP contribution in [0.1, 0.15) is 27.4 Å². The number of rotatable bonds is 3. The van der Waals surface area contributed by atoms with E-state index in [9.17, 15) is 9.59 Å². The van der Waals surface area contributed by atoms with Gasteiger partial charge >= 0.3 is 0 Å². The number of nitrogens with one attached hydrogen (secondary N) is 1. The molecule has 24 heavy (non-hydrogen) atoms. The van der Waals surface area contributed by atoms with Gasteiger partial charge in [0.1, 0.15) is 11.8 Å². The van der Waals surface area contributed by atoms with E-state index in [4.69, 9.17) is 4.42 Å². The predicted molar refractivity (Wildman–Crippen MR) is 95.3 cm³/mol. The minimum Gasteiger partial charge on any atom is -0.456 e. The Kier molecular flexibility index (Phi) is 4.66. The second kappa shape index (κ2) is 6.73. The van der Waals surface area contributed by atoms with Crippen molar-refractivity contribution in [3.8, 4) is 0 Å². The molecule has 1 atom stereocenters. The van der Waals surface area contributed by atoms with E-state index in [-0.39, 0.29) is 17.6 Å². The van der Waals surface area contributed by atoms with Gasteiger partial charge in [-0.15, -0.1) is 11.8 Å². The highest BCUT2D eigenvalue weighted by Crippen LogP contribution is 2.25. The van der Waals surface area contributed by atoms with Gasteiger partial charge in [0.2, 0.25) is 5.91 Å². The highest BCUT2D eigenvalue weighted by atomic mass is 32.2. The van der Waals surface area contributed by atoms with Crippen LogP contribution in [0.15, 0.2) is 34.7 Å². The zero-order chi connectivity index (χ0) is 17.3. The number of aryl methyl sites for hydroxylation is 3. The van der Waals surface area contributed by atoms with Crippen LogP contribution in [0.2, 0.25) is 0 Å². The topological polar surface area (TPSA) is 62.6 Å². The van der Waals surface area contributed by atoms with E-state index in [0.29, 0.717) is 17.4 Å². The summed E-state index contributed by atoms with van der Waals surface area (Å²) in [7, 11) is 0. The maximum atomic E-state index is 12.7. The van der Waals surface area contributed by atoms with Gasteiger partial charge in [-0.1, -0.05) is 17.7 Å². The van der Waals surface area contributed by atoms with Gasteiger partial charge in [-0.25, -0.2) is 0 Å². The first-order chi connectivity index (χ1) is 11.5. The lowest BCUT2D eigenvalue weighted by Gasteiger charge is -2.22. The molecule has 0 radical (unpaired) electrons. The summed E-state index contributed by atoms with van der Waals surface area (Å²) in [5.41, 5.74) is 2.93. The minimum absolute atomic E-state index is 0.163. The van der Waals surface area contributed by atoms with Gasteiger partial charge in [0.05, 0.1) is 5.88 Å². The molecule has 6 heteroatoms. The summed E-state index contributed by atoms with van der Waals surface area (Å²) in [5, 5.41) is 2.94. The molecule has 3 rings (SSSR count). The third kappa shape index (κ3) is 3.33. The largest absolute Gasteiger partial charge is 0.456 e. The molecule has 2 aromatic rings. The van der Waals surface area contributed by atoms with Crippen LogP contribution < -0.4 is 5.32 Å². The Morgan fingerprint density at radius 3 is 2.67 bits per heavy atom. The van der Waals surface area contributed by atoms with Crippen molar-refractivity contribution in [2.45, 2.75) is 26.8 Å². The SMILES string of the molecule is Cc1ccc(NC(=O)[C@@H]2CSCN2C(=O)c2ccc(C)o2)c(C)c1. The van der Waals surface area contributed by atoms with Crippen molar-refractivity contribution >= 4 is 29.3 Å². The van der Waals surface area contributed by atoms with E-state index in [1.807, 2.05) is 32.0 Å². The summed E-state index contributed by atoms with van der Waals surface area (Å²) >= 11 is 1.57. The van der Waals surface area contributed by atoms with Gasteiger partial charge in [0.25, 0.3) is 5.91 Å². The minimum atomic E-state index is -0.492. The molecular weight excluding hydrogens is 324 g/mol. The number of benzene rings is 1. The maximum Gasteiger partial charge on any atom is 0.290 e. The lowest BCUT2D eigenvalue weighted by Crippen LogP contribution is -2.44. The summed E-state index contributed by atoms with van der Waals surface area (Å²) in [6.07, 6.45) is 0. The standard InChI is InChI=1S/C18H20N2O3S/c1-11-4-6-14(12(2)8-11)19-17(21)15-9-24-10-20(15)18(22)16-7-5-13(3)23-16/h4-8,15H,9-10H2,1-3H3,(H,19,21)/t15-/m0/s1. The smallest absolute Gasteiger partial charge is 0.290 e. The molecule has 1 aliphatic rings. The first-order valence-corrected chi connectivity index (χ1v) is 8.94. The summed E-state index contributed by atoms with van der Waals surface area (Å²) < 4.78 is 5.40. The van der Waals surface area contributed by atoms with E-state index < -0.39 is 6.04 Å². The van der Waals surface area contributed by atoms with Gasteiger partial charge in [-0.3, -0.25) is 9.59 Å². The fourth-order valence-corrected chi connectivity index (χ4v) is 3.87. The lowest BCUT2D eigenvalue weighted by molar-refractivity contribution is -0.119. The Bertz CT molecular complexity index is 784. The summed E-state index contributed by atoms with van der Waals surface area (Å²) in [6, 6.07) is 8.79. The average Bonchev–Trinajstić information content (AvgIpc) is 3.18. The van der Waals surface area contributed by atoms with Crippen LogP contribution in [0.4, 0.5) is 5.69 Å². The molecule has 1 saturated heterocycles. The van der Waals surface area contributed by atoms with Crippen LogP contribution in [-0.4, -0.2) is 34.4 Å². The molecule has 1 N–H and O–H groups in total. The van der Waals surface area contributed by atoms with Crippen molar-refractivity contribution in [1.82, 2.24) is 4.90 Å². The zero-order valence-corrected chi connectivity index (χ0v) is 14.8. The number of hydrogen-bond acceptors (Lipinski definition) is 4. The molecule has 0 aliphatic carbocycles. The van der Waals surface area contributed by atoms with Crippen LogP contribution in [0.25, 0.3) is 0 Å². The highest BCUT2D eigenvalue weighted by Gasteiger charge is 2.36. The van der Waals surface area contributed by atoms with Gasteiger partial charge in [-0.2, -0.15) is 0 Å². The number of hydrogen-bond donors (Lipinski definition) is 1. The van der Waals surface area contributed by atoms with Gasteiger partial charge in [0, 0.05) is 11.4 Å². The van der Waals surface area contributed by atoms with E-state index in [1.165, 1.54) is 0 Å². The van der Waals surface area contributed by atoms with Gasteiger partial charge in [-0.05, 0) is 44.5 Å². The zero-order valence-electron chi connectivity index (χ0n) is 14.0. The molecule has 0 spiro atoms. The van der Waals surface area contributed by atoms with Crippen molar-refractivity contribution in [2.75, 3.05) is 16.9 Å². The van der Waals surface area contributed by atoms with Crippen LogP contribution in [0.5, 0.6) is 0 Å². The second-order valence-corrected chi connectivity index (χ2v) is 7.01. The van der Waals surface area contributed by atoms with E-state index in [1.54, 1.807) is 35.7 Å². The number of amides is 2. The molecule has 1 aliphatic heterocycles. The molecule has 126 valence electrons. The Hall–Kier alpha value is -2.21. The normalized spacial score (nSPS) is 17.1. The summed E-state index contributed by atoms with van der Waals surface area (Å²) in [6.45, 7) is 5.76. The summed E-state index contributed by atoms with van der Waals surface area (Å²) in [4.78, 5) is 26.8.